The normalized spacial score (nSPS) is 12.0. The van der Waals surface area contributed by atoms with Crippen LogP contribution in [0.1, 0.15) is 90.5 Å². The van der Waals surface area contributed by atoms with Crippen LogP contribution in [0.4, 0.5) is 0 Å². The Labute approximate surface area is 146 Å². The first-order valence-corrected chi connectivity index (χ1v) is 12.6. The van der Waals surface area contributed by atoms with Gasteiger partial charge in [0.2, 0.25) is 0 Å². The molecule has 1 rings (SSSR count). The van der Waals surface area contributed by atoms with E-state index in [0.717, 1.165) is 6.42 Å². The molecule has 0 spiro atoms. The first-order valence-electron chi connectivity index (χ1n) is 8.92. The van der Waals surface area contributed by atoms with Gasteiger partial charge in [-0.25, -0.2) is 0 Å². The number of thiazole rings is 1. The van der Waals surface area contributed by atoms with Crippen molar-refractivity contribution >= 4 is 35.4 Å². The van der Waals surface area contributed by atoms with Gasteiger partial charge >= 0.3 is 147 Å². The zero-order chi connectivity index (χ0) is 15.6. The van der Waals surface area contributed by atoms with Gasteiger partial charge in [0.05, 0.1) is 0 Å². The molecular formula is C18H33NSSn. The summed E-state index contributed by atoms with van der Waals surface area (Å²) in [7, 11) is 0. The fourth-order valence-electron chi connectivity index (χ4n) is 2.90. The summed E-state index contributed by atoms with van der Waals surface area (Å²) in [6, 6.07) is 0. The maximum atomic E-state index is 4.62. The summed E-state index contributed by atoms with van der Waals surface area (Å²) in [6.07, 6.45) is 16.1. The molecule has 0 aliphatic carbocycles. The Morgan fingerprint density at radius 2 is 1.48 bits per heavy atom. The molecule has 1 aromatic rings. The van der Waals surface area contributed by atoms with Crippen LogP contribution in [0.15, 0.2) is 6.20 Å². The quantitative estimate of drug-likeness (QED) is 0.396. The molecule has 1 nitrogen and oxygen atoms in total. The van der Waals surface area contributed by atoms with Gasteiger partial charge in [-0.2, -0.15) is 0 Å². The summed E-state index contributed by atoms with van der Waals surface area (Å²) < 4.78 is 2.40. The molecule has 0 bridgehead atoms. The third-order valence-corrected chi connectivity index (χ3v) is 11.5. The second-order valence-corrected chi connectivity index (χ2v) is 13.6. The van der Waals surface area contributed by atoms with Crippen LogP contribution in [-0.4, -0.2) is 26.1 Å². The third kappa shape index (κ3) is 7.02. The molecule has 0 unspecified atom stereocenters. The van der Waals surface area contributed by atoms with E-state index >= 15 is 0 Å². The molecule has 2 radical (unpaired) electrons. The third-order valence-electron chi connectivity index (χ3n) is 4.27. The predicted octanol–water partition coefficient (Wildman–Crippen LogP) is 5.76. The summed E-state index contributed by atoms with van der Waals surface area (Å²) in [5.74, 6) is 0. The SMILES string of the molecule is CCCC[C](CCCC)(CCCC)[Sn][c]1cnc(CC)s1. The standard InChI is InChI=1S/C13H27.C5H6NS.Sn/c1-4-7-10-13(11-8-5-2)12-9-6-3;1-2-5-6-3-4-7-5;/h4-12H2,1-3H3;3H,2H2,1H3;. The van der Waals surface area contributed by atoms with Crippen LogP contribution < -0.4 is 2.89 Å². The Kier molecular flexibility index (Phi) is 10.2. The van der Waals surface area contributed by atoms with Gasteiger partial charge in [-0.05, 0) is 0 Å². The molecular weight excluding hydrogens is 381 g/mol. The molecule has 0 aliphatic heterocycles. The Hall–Kier alpha value is 0.429. The second-order valence-electron chi connectivity index (χ2n) is 6.19. The summed E-state index contributed by atoms with van der Waals surface area (Å²) in [4.78, 5) is 4.62. The fourth-order valence-corrected chi connectivity index (χ4v) is 10.9. The molecule has 21 heavy (non-hydrogen) atoms. The van der Waals surface area contributed by atoms with Gasteiger partial charge in [0.1, 0.15) is 0 Å². The number of unbranched alkanes of at least 4 members (excludes halogenated alkanes) is 3. The van der Waals surface area contributed by atoms with Crippen molar-refractivity contribution in [2.45, 2.75) is 95.3 Å². The molecule has 0 N–H and O–H groups in total. The summed E-state index contributed by atoms with van der Waals surface area (Å²) in [5, 5.41) is 1.35. The number of hydrogen-bond acceptors (Lipinski definition) is 2. The molecule has 0 saturated heterocycles. The Bertz CT molecular complexity index is 353. The number of nitrogens with zero attached hydrogens (tertiary/aromatic N) is 1. The summed E-state index contributed by atoms with van der Waals surface area (Å²) in [6.45, 7) is 9.26. The van der Waals surface area contributed by atoms with E-state index in [0.29, 0.717) is 3.43 Å². The number of hydrogen-bond donors (Lipinski definition) is 0. The Balaban J connectivity index is 2.83. The van der Waals surface area contributed by atoms with Crippen LogP contribution in [-0.2, 0) is 6.42 Å². The maximum absolute atomic E-state index is 4.62. The molecule has 0 aliphatic rings. The van der Waals surface area contributed by atoms with Gasteiger partial charge in [-0.3, -0.25) is 0 Å². The zero-order valence-electron chi connectivity index (χ0n) is 14.5. The number of rotatable bonds is 12. The van der Waals surface area contributed by atoms with Crippen molar-refractivity contribution in [3.05, 3.63) is 11.2 Å². The molecule has 1 aromatic heterocycles. The van der Waals surface area contributed by atoms with Crippen molar-refractivity contribution < 1.29 is 0 Å². The molecule has 3 heteroatoms. The van der Waals surface area contributed by atoms with Gasteiger partial charge in [-0.1, -0.05) is 0 Å². The van der Waals surface area contributed by atoms with Crippen LogP contribution in [0.2, 0.25) is 3.43 Å². The number of aryl methyl sites for hydroxylation is 1. The van der Waals surface area contributed by atoms with Crippen molar-refractivity contribution in [2.75, 3.05) is 0 Å². The predicted molar refractivity (Wildman–Crippen MR) is 98.1 cm³/mol. The number of aromatic nitrogens is 1. The second kappa shape index (κ2) is 11.0. The molecule has 0 amide bonds. The molecule has 0 aromatic carbocycles. The minimum absolute atomic E-state index is 0.526. The van der Waals surface area contributed by atoms with Crippen LogP contribution in [0.5, 0.6) is 0 Å². The van der Waals surface area contributed by atoms with Crippen LogP contribution in [0, 0.1) is 0 Å². The van der Waals surface area contributed by atoms with Gasteiger partial charge in [-0.15, -0.1) is 0 Å². The zero-order valence-corrected chi connectivity index (χ0v) is 18.2. The molecule has 1 heterocycles. The Morgan fingerprint density at radius 3 is 1.86 bits per heavy atom. The van der Waals surface area contributed by atoms with Crippen LogP contribution in [0.3, 0.4) is 0 Å². The summed E-state index contributed by atoms with van der Waals surface area (Å²) >= 11 is 1.50. The van der Waals surface area contributed by atoms with Gasteiger partial charge in [0.15, 0.2) is 0 Å². The molecule has 0 fully saturated rings. The van der Waals surface area contributed by atoms with E-state index in [1.807, 2.05) is 11.3 Å². The van der Waals surface area contributed by atoms with E-state index in [-0.39, 0.29) is 0 Å². The minimum atomic E-state index is -0.526. The van der Waals surface area contributed by atoms with Crippen LogP contribution >= 0.6 is 11.3 Å². The summed E-state index contributed by atoms with van der Waals surface area (Å²) in [5.41, 5.74) is 0. The van der Waals surface area contributed by atoms with Crippen molar-refractivity contribution in [3.8, 4) is 0 Å². The fraction of sp³-hybridized carbons (Fsp3) is 0.833. The van der Waals surface area contributed by atoms with Crippen molar-refractivity contribution in [1.82, 2.24) is 4.98 Å². The average Bonchev–Trinajstić information content (AvgIpc) is 2.96. The van der Waals surface area contributed by atoms with Gasteiger partial charge < -0.3 is 0 Å². The molecule has 0 atom stereocenters. The molecule has 0 saturated carbocycles. The van der Waals surface area contributed by atoms with E-state index in [2.05, 4.69) is 38.9 Å². The van der Waals surface area contributed by atoms with Crippen LogP contribution in [0.25, 0.3) is 0 Å². The van der Waals surface area contributed by atoms with E-state index in [9.17, 15) is 0 Å². The van der Waals surface area contributed by atoms with E-state index in [4.69, 9.17) is 0 Å². The van der Waals surface area contributed by atoms with E-state index in [1.54, 1.807) is 2.89 Å². The van der Waals surface area contributed by atoms with Gasteiger partial charge in [0.25, 0.3) is 0 Å². The monoisotopic (exact) mass is 415 g/mol. The van der Waals surface area contributed by atoms with Gasteiger partial charge in [0, 0.05) is 0 Å². The topological polar surface area (TPSA) is 12.9 Å². The van der Waals surface area contributed by atoms with Crippen molar-refractivity contribution in [1.29, 1.82) is 0 Å². The Morgan fingerprint density at radius 1 is 0.952 bits per heavy atom. The first-order chi connectivity index (χ1) is 10.2. The van der Waals surface area contributed by atoms with E-state index in [1.165, 1.54) is 62.8 Å². The average molecular weight is 414 g/mol. The molecule has 120 valence electrons. The van der Waals surface area contributed by atoms with Crippen molar-refractivity contribution in [2.24, 2.45) is 0 Å². The van der Waals surface area contributed by atoms with Crippen molar-refractivity contribution in [3.63, 3.8) is 0 Å². The van der Waals surface area contributed by atoms with E-state index < -0.39 is 21.1 Å². The first kappa shape index (κ1) is 19.5.